The number of nitrogens with one attached hydrogen (secondary N) is 1. The zero-order valence-electron chi connectivity index (χ0n) is 7.91. The summed E-state index contributed by atoms with van der Waals surface area (Å²) >= 11 is 0. The molecule has 0 spiro atoms. The molecule has 0 aromatic rings. The fourth-order valence-corrected chi connectivity index (χ4v) is 1.36. The van der Waals surface area contributed by atoms with Crippen LogP contribution in [0, 0.1) is 0 Å². The molecule has 0 aromatic carbocycles. The Morgan fingerprint density at radius 3 is 2.79 bits per heavy atom. The second kappa shape index (κ2) is 4.65. The average Bonchev–Trinajstić information content (AvgIpc) is 2.44. The van der Waals surface area contributed by atoms with Gasteiger partial charge in [0, 0.05) is 20.1 Å². The highest BCUT2D eigenvalue weighted by Crippen LogP contribution is 2.08. The summed E-state index contributed by atoms with van der Waals surface area (Å²) in [6.07, 6.45) is -3.86. The molecule has 1 amide bonds. The number of nitrogens with zero attached hydrogens (tertiary/aromatic N) is 1. The summed E-state index contributed by atoms with van der Waals surface area (Å²) in [6.45, 7) is 0.378. The highest BCUT2D eigenvalue weighted by atomic mass is 19.3. The molecule has 1 fully saturated rings. The number of hydrogen-bond acceptors (Lipinski definition) is 3. The number of likely N-dealkylation sites (N-methyl/N-ethyl adjacent to an activating group) is 1. The number of rotatable bonds is 4. The molecule has 14 heavy (non-hydrogen) atoms. The van der Waals surface area contributed by atoms with Gasteiger partial charge in [0.25, 0.3) is 6.43 Å². The van der Waals surface area contributed by atoms with Crippen LogP contribution in [0.3, 0.4) is 0 Å². The standard InChI is InChI=1S/C8H14F2N2O2/c1-12-3-2-5(8(12)14)11-4-6(13)7(9)10/h5-7,11,13H,2-4H2,1H3. The molecular weight excluding hydrogens is 194 g/mol. The molecule has 0 radical (unpaired) electrons. The van der Waals surface area contributed by atoms with Gasteiger partial charge in [0.05, 0.1) is 6.04 Å². The summed E-state index contributed by atoms with van der Waals surface area (Å²) in [4.78, 5) is 12.8. The summed E-state index contributed by atoms with van der Waals surface area (Å²) in [6, 6.07) is -0.423. The van der Waals surface area contributed by atoms with Gasteiger partial charge in [-0.25, -0.2) is 8.78 Å². The van der Waals surface area contributed by atoms with Crippen molar-refractivity contribution < 1.29 is 18.7 Å². The Kier molecular flexibility index (Phi) is 3.77. The molecule has 1 rings (SSSR count). The van der Waals surface area contributed by atoms with Crippen molar-refractivity contribution in [2.24, 2.45) is 0 Å². The van der Waals surface area contributed by atoms with Crippen LogP contribution in [0.15, 0.2) is 0 Å². The Hall–Kier alpha value is -0.750. The van der Waals surface area contributed by atoms with Gasteiger partial charge in [0.15, 0.2) is 0 Å². The predicted octanol–water partition coefficient (Wildman–Crippen LogP) is -0.567. The van der Waals surface area contributed by atoms with Crippen molar-refractivity contribution in [2.75, 3.05) is 20.1 Å². The molecule has 4 nitrogen and oxygen atoms in total. The Morgan fingerprint density at radius 1 is 1.71 bits per heavy atom. The summed E-state index contributed by atoms with van der Waals surface area (Å²) in [5, 5.41) is 11.4. The third-order valence-corrected chi connectivity index (χ3v) is 2.29. The van der Waals surface area contributed by atoms with E-state index < -0.39 is 18.6 Å². The van der Waals surface area contributed by atoms with Crippen LogP contribution in [0.4, 0.5) is 8.78 Å². The van der Waals surface area contributed by atoms with Crippen molar-refractivity contribution >= 4 is 5.91 Å². The number of halogens is 2. The lowest BCUT2D eigenvalue weighted by atomic mass is 10.2. The summed E-state index contributed by atoms with van der Waals surface area (Å²) in [5.74, 6) is -0.105. The van der Waals surface area contributed by atoms with E-state index in [0.717, 1.165) is 0 Å². The van der Waals surface area contributed by atoms with Gasteiger partial charge in [-0.1, -0.05) is 0 Å². The maximum Gasteiger partial charge on any atom is 0.265 e. The van der Waals surface area contributed by atoms with E-state index >= 15 is 0 Å². The van der Waals surface area contributed by atoms with Gasteiger partial charge in [-0.15, -0.1) is 0 Å². The molecular formula is C8H14F2N2O2. The fraction of sp³-hybridized carbons (Fsp3) is 0.875. The third kappa shape index (κ3) is 2.62. The maximum absolute atomic E-state index is 11.9. The van der Waals surface area contributed by atoms with Gasteiger partial charge >= 0.3 is 0 Å². The molecule has 2 atom stereocenters. The van der Waals surface area contributed by atoms with Gasteiger partial charge < -0.3 is 15.3 Å². The predicted molar refractivity (Wildman–Crippen MR) is 46.1 cm³/mol. The molecule has 0 aromatic heterocycles. The number of aliphatic hydroxyl groups is 1. The minimum atomic E-state index is -2.77. The van der Waals surface area contributed by atoms with Crippen molar-refractivity contribution in [1.29, 1.82) is 0 Å². The second-order valence-electron chi connectivity index (χ2n) is 3.41. The van der Waals surface area contributed by atoms with E-state index in [1.54, 1.807) is 7.05 Å². The van der Waals surface area contributed by atoms with Crippen molar-refractivity contribution in [3.8, 4) is 0 Å². The average molecular weight is 208 g/mol. The Morgan fingerprint density at radius 2 is 2.36 bits per heavy atom. The highest BCUT2D eigenvalue weighted by molar-refractivity contribution is 5.83. The van der Waals surface area contributed by atoms with Crippen LogP contribution in [0.5, 0.6) is 0 Å². The van der Waals surface area contributed by atoms with Crippen molar-refractivity contribution in [2.45, 2.75) is 25.0 Å². The normalized spacial score (nSPS) is 24.8. The van der Waals surface area contributed by atoms with Gasteiger partial charge in [-0.3, -0.25) is 4.79 Å². The molecule has 0 aliphatic carbocycles. The molecule has 1 saturated heterocycles. The lowest BCUT2D eigenvalue weighted by Gasteiger charge is -2.14. The first kappa shape index (κ1) is 11.3. The van der Waals surface area contributed by atoms with Crippen LogP contribution in [-0.2, 0) is 4.79 Å². The van der Waals surface area contributed by atoms with Crippen molar-refractivity contribution in [3.63, 3.8) is 0 Å². The molecule has 2 unspecified atom stereocenters. The summed E-state index contributed by atoms with van der Waals surface area (Å²) in [7, 11) is 1.66. The zero-order valence-corrected chi connectivity index (χ0v) is 7.91. The lowest BCUT2D eigenvalue weighted by Crippen LogP contribution is -2.42. The maximum atomic E-state index is 11.9. The number of hydrogen-bond donors (Lipinski definition) is 2. The molecule has 0 bridgehead atoms. The van der Waals surface area contributed by atoms with Crippen LogP contribution in [0.25, 0.3) is 0 Å². The number of amides is 1. The number of alkyl halides is 2. The molecule has 6 heteroatoms. The van der Waals surface area contributed by atoms with E-state index in [0.29, 0.717) is 13.0 Å². The smallest absolute Gasteiger partial charge is 0.265 e. The van der Waals surface area contributed by atoms with Gasteiger partial charge in [0.2, 0.25) is 5.91 Å². The quantitative estimate of drug-likeness (QED) is 0.650. The number of carbonyl (C=O) groups is 1. The zero-order chi connectivity index (χ0) is 10.7. The van der Waals surface area contributed by atoms with E-state index in [-0.39, 0.29) is 12.5 Å². The van der Waals surface area contributed by atoms with E-state index in [2.05, 4.69) is 5.32 Å². The van der Waals surface area contributed by atoms with Gasteiger partial charge in [0.1, 0.15) is 6.10 Å². The van der Waals surface area contributed by atoms with Crippen LogP contribution in [0.1, 0.15) is 6.42 Å². The van der Waals surface area contributed by atoms with Crippen molar-refractivity contribution in [3.05, 3.63) is 0 Å². The van der Waals surface area contributed by atoms with E-state index in [9.17, 15) is 13.6 Å². The van der Waals surface area contributed by atoms with E-state index in [1.807, 2.05) is 0 Å². The first-order chi connectivity index (χ1) is 6.52. The molecule has 2 N–H and O–H groups in total. The van der Waals surface area contributed by atoms with Crippen LogP contribution >= 0.6 is 0 Å². The third-order valence-electron chi connectivity index (χ3n) is 2.29. The monoisotopic (exact) mass is 208 g/mol. The Balaban J connectivity index is 2.29. The largest absolute Gasteiger partial charge is 0.386 e. The minimum Gasteiger partial charge on any atom is -0.386 e. The second-order valence-corrected chi connectivity index (χ2v) is 3.41. The molecule has 1 aliphatic heterocycles. The molecule has 1 aliphatic rings. The number of aliphatic hydroxyl groups excluding tert-OH is 1. The van der Waals surface area contributed by atoms with Crippen LogP contribution < -0.4 is 5.32 Å². The summed E-state index contributed by atoms with van der Waals surface area (Å²) < 4.78 is 23.8. The molecule has 0 saturated carbocycles. The topological polar surface area (TPSA) is 52.6 Å². The first-order valence-corrected chi connectivity index (χ1v) is 4.47. The Labute approximate surface area is 80.9 Å². The number of carbonyl (C=O) groups excluding carboxylic acids is 1. The molecule has 1 heterocycles. The molecule has 82 valence electrons. The van der Waals surface area contributed by atoms with Gasteiger partial charge in [-0.2, -0.15) is 0 Å². The SMILES string of the molecule is CN1CCC(NCC(O)C(F)F)C1=O. The van der Waals surface area contributed by atoms with Crippen LogP contribution in [0.2, 0.25) is 0 Å². The van der Waals surface area contributed by atoms with Crippen molar-refractivity contribution in [1.82, 2.24) is 10.2 Å². The number of likely N-dealkylation sites (tertiary alicyclic amines) is 1. The fourth-order valence-electron chi connectivity index (χ4n) is 1.36. The minimum absolute atomic E-state index is 0.105. The first-order valence-electron chi connectivity index (χ1n) is 4.47. The Bertz CT molecular complexity index is 214. The van der Waals surface area contributed by atoms with E-state index in [4.69, 9.17) is 5.11 Å². The van der Waals surface area contributed by atoms with E-state index in [1.165, 1.54) is 4.90 Å². The van der Waals surface area contributed by atoms with Crippen LogP contribution in [-0.4, -0.2) is 54.6 Å². The highest BCUT2D eigenvalue weighted by Gasteiger charge is 2.29. The summed E-state index contributed by atoms with van der Waals surface area (Å²) in [5.41, 5.74) is 0. The van der Waals surface area contributed by atoms with Gasteiger partial charge in [-0.05, 0) is 6.42 Å². The lowest BCUT2D eigenvalue weighted by molar-refractivity contribution is -0.128.